The van der Waals surface area contributed by atoms with Gasteiger partial charge in [0, 0.05) is 22.6 Å². The molecular formula is C28H26ClF5. The summed E-state index contributed by atoms with van der Waals surface area (Å²) in [6, 6.07) is 13.1. The molecule has 0 nitrogen and oxygen atoms in total. The SMILES string of the molecule is Fc1cc(-c2ccccc2)ccc1-c1c(F)c(F)c(F)c(F)c1C1CCC(CCCCCl)CC1. The van der Waals surface area contributed by atoms with Crippen molar-refractivity contribution in [2.24, 2.45) is 5.92 Å². The normalized spacial score (nSPS) is 18.3. The second-order valence-electron chi connectivity index (χ2n) is 9.01. The Kier molecular flexibility index (Phi) is 7.92. The lowest BCUT2D eigenvalue weighted by Crippen LogP contribution is -2.17. The van der Waals surface area contributed by atoms with Crippen molar-refractivity contribution in [3.8, 4) is 22.3 Å². The number of halogens is 6. The molecule has 0 atom stereocenters. The van der Waals surface area contributed by atoms with Gasteiger partial charge in [0.1, 0.15) is 5.82 Å². The second-order valence-corrected chi connectivity index (χ2v) is 9.39. The predicted molar refractivity (Wildman–Crippen MR) is 126 cm³/mol. The van der Waals surface area contributed by atoms with E-state index in [2.05, 4.69) is 0 Å². The highest BCUT2D eigenvalue weighted by atomic mass is 35.5. The molecule has 3 aromatic carbocycles. The van der Waals surface area contributed by atoms with Crippen LogP contribution < -0.4 is 0 Å². The fraction of sp³-hybridized carbons (Fsp3) is 0.357. The van der Waals surface area contributed by atoms with Crippen LogP contribution in [0.5, 0.6) is 0 Å². The van der Waals surface area contributed by atoms with Gasteiger partial charge in [-0.3, -0.25) is 0 Å². The van der Waals surface area contributed by atoms with Crippen LogP contribution in [0.2, 0.25) is 0 Å². The van der Waals surface area contributed by atoms with E-state index < -0.39 is 40.6 Å². The Morgan fingerprint density at radius 1 is 0.706 bits per heavy atom. The first kappa shape index (κ1) is 24.7. The van der Waals surface area contributed by atoms with Crippen molar-refractivity contribution in [3.63, 3.8) is 0 Å². The van der Waals surface area contributed by atoms with Gasteiger partial charge in [-0.25, -0.2) is 22.0 Å². The van der Waals surface area contributed by atoms with Crippen molar-refractivity contribution in [3.05, 3.63) is 83.2 Å². The Morgan fingerprint density at radius 2 is 1.38 bits per heavy atom. The van der Waals surface area contributed by atoms with E-state index in [0.29, 0.717) is 30.2 Å². The van der Waals surface area contributed by atoms with Crippen molar-refractivity contribution in [1.29, 1.82) is 0 Å². The summed E-state index contributed by atoms with van der Waals surface area (Å²) in [5.74, 6) is -7.04. The molecule has 3 aromatic rings. The lowest BCUT2D eigenvalue weighted by molar-refractivity contribution is 0.297. The lowest BCUT2D eigenvalue weighted by Gasteiger charge is -2.30. The Labute approximate surface area is 201 Å². The van der Waals surface area contributed by atoms with E-state index in [1.54, 1.807) is 30.3 Å². The molecule has 1 fully saturated rings. The molecule has 0 bridgehead atoms. The van der Waals surface area contributed by atoms with Gasteiger partial charge >= 0.3 is 0 Å². The van der Waals surface area contributed by atoms with Gasteiger partial charge in [-0.05, 0) is 61.1 Å². The van der Waals surface area contributed by atoms with Crippen LogP contribution in [0.25, 0.3) is 22.3 Å². The number of hydrogen-bond donors (Lipinski definition) is 0. The summed E-state index contributed by atoms with van der Waals surface area (Å²) in [5, 5.41) is 0. The Balaban J connectivity index is 1.71. The molecule has 34 heavy (non-hydrogen) atoms. The predicted octanol–water partition coefficient (Wildman–Crippen LogP) is 9.40. The molecule has 0 N–H and O–H groups in total. The summed E-state index contributed by atoms with van der Waals surface area (Å²) in [6.45, 7) is 0. The number of hydrogen-bond acceptors (Lipinski definition) is 0. The molecule has 1 aliphatic carbocycles. The van der Waals surface area contributed by atoms with Crippen molar-refractivity contribution < 1.29 is 22.0 Å². The molecule has 0 saturated heterocycles. The van der Waals surface area contributed by atoms with Crippen molar-refractivity contribution in [2.75, 3.05) is 5.88 Å². The molecule has 0 unspecified atom stereocenters. The maximum absolute atomic E-state index is 15.2. The topological polar surface area (TPSA) is 0 Å². The molecule has 0 aromatic heterocycles. The van der Waals surface area contributed by atoms with Crippen LogP contribution in [-0.2, 0) is 0 Å². The van der Waals surface area contributed by atoms with E-state index in [-0.39, 0.29) is 11.1 Å². The third-order valence-electron chi connectivity index (χ3n) is 6.90. The van der Waals surface area contributed by atoms with Gasteiger partial charge in [0.2, 0.25) is 0 Å². The minimum Gasteiger partial charge on any atom is -0.206 e. The monoisotopic (exact) mass is 492 g/mol. The van der Waals surface area contributed by atoms with Crippen LogP contribution in [-0.4, -0.2) is 5.88 Å². The van der Waals surface area contributed by atoms with E-state index in [4.69, 9.17) is 11.6 Å². The first-order valence-corrected chi connectivity index (χ1v) is 12.2. The number of rotatable bonds is 7. The smallest absolute Gasteiger partial charge is 0.198 e. The summed E-state index contributed by atoms with van der Waals surface area (Å²) >= 11 is 5.74. The van der Waals surface area contributed by atoms with Crippen LogP contribution in [0.4, 0.5) is 22.0 Å². The summed E-state index contributed by atoms with van der Waals surface area (Å²) in [4.78, 5) is 0. The summed E-state index contributed by atoms with van der Waals surface area (Å²) in [6.07, 6.45) is 5.46. The highest BCUT2D eigenvalue weighted by Crippen LogP contribution is 2.45. The fourth-order valence-electron chi connectivity index (χ4n) is 5.09. The standard InChI is InChI=1S/C28H26ClF5/c29-15-5-4-6-17-9-11-19(12-10-17)23-24(26(32)28(34)27(33)25(23)31)21-14-13-20(16-22(21)30)18-7-2-1-3-8-18/h1-3,7-8,13-14,16-17,19H,4-6,9-12,15H2. The summed E-state index contributed by atoms with van der Waals surface area (Å²) in [5.41, 5.74) is 0.247. The first-order chi connectivity index (χ1) is 16.4. The average Bonchev–Trinajstić information content (AvgIpc) is 2.86. The zero-order valence-electron chi connectivity index (χ0n) is 18.7. The van der Waals surface area contributed by atoms with E-state index in [1.807, 2.05) is 6.07 Å². The van der Waals surface area contributed by atoms with Crippen LogP contribution >= 0.6 is 11.6 Å². The Hall–Kier alpha value is -2.40. The summed E-state index contributed by atoms with van der Waals surface area (Å²) in [7, 11) is 0. The molecule has 1 saturated carbocycles. The molecular weight excluding hydrogens is 467 g/mol. The molecule has 4 rings (SSSR count). The summed E-state index contributed by atoms with van der Waals surface area (Å²) < 4.78 is 73.9. The van der Waals surface area contributed by atoms with Gasteiger partial charge in [-0.15, -0.1) is 11.6 Å². The van der Waals surface area contributed by atoms with Crippen LogP contribution in [0.15, 0.2) is 48.5 Å². The van der Waals surface area contributed by atoms with E-state index in [1.165, 1.54) is 12.1 Å². The molecule has 0 aliphatic heterocycles. The zero-order valence-corrected chi connectivity index (χ0v) is 19.5. The van der Waals surface area contributed by atoms with Crippen molar-refractivity contribution >= 4 is 11.6 Å². The average molecular weight is 493 g/mol. The molecule has 1 aliphatic rings. The van der Waals surface area contributed by atoms with Crippen molar-refractivity contribution in [1.82, 2.24) is 0 Å². The largest absolute Gasteiger partial charge is 0.206 e. The molecule has 180 valence electrons. The van der Waals surface area contributed by atoms with Gasteiger partial charge in [0.25, 0.3) is 0 Å². The van der Waals surface area contributed by atoms with Crippen LogP contribution in [0.1, 0.15) is 56.4 Å². The highest BCUT2D eigenvalue weighted by molar-refractivity contribution is 6.17. The van der Waals surface area contributed by atoms with E-state index in [9.17, 15) is 8.78 Å². The minimum absolute atomic E-state index is 0.262. The number of unbranched alkanes of at least 4 members (excludes halogenated alkanes) is 1. The van der Waals surface area contributed by atoms with Gasteiger partial charge in [0.15, 0.2) is 23.3 Å². The van der Waals surface area contributed by atoms with Crippen LogP contribution in [0.3, 0.4) is 0 Å². The quantitative estimate of drug-likeness (QED) is 0.101. The molecule has 0 radical (unpaired) electrons. The van der Waals surface area contributed by atoms with Gasteiger partial charge < -0.3 is 0 Å². The molecule has 6 heteroatoms. The van der Waals surface area contributed by atoms with E-state index in [0.717, 1.165) is 37.7 Å². The van der Waals surface area contributed by atoms with Crippen molar-refractivity contribution in [2.45, 2.75) is 50.9 Å². The van der Waals surface area contributed by atoms with E-state index >= 15 is 13.2 Å². The third-order valence-corrected chi connectivity index (χ3v) is 7.17. The Morgan fingerprint density at radius 3 is 2.03 bits per heavy atom. The zero-order chi connectivity index (χ0) is 24.2. The Bertz CT molecular complexity index is 1140. The van der Waals surface area contributed by atoms with Gasteiger partial charge in [-0.1, -0.05) is 55.3 Å². The molecule has 0 amide bonds. The van der Waals surface area contributed by atoms with Gasteiger partial charge in [-0.2, -0.15) is 0 Å². The highest BCUT2D eigenvalue weighted by Gasteiger charge is 2.33. The lowest BCUT2D eigenvalue weighted by atomic mass is 9.75. The van der Waals surface area contributed by atoms with Crippen LogP contribution in [0, 0.1) is 35.0 Å². The first-order valence-electron chi connectivity index (χ1n) is 11.7. The maximum atomic E-state index is 15.2. The molecule has 0 heterocycles. The maximum Gasteiger partial charge on any atom is 0.198 e. The number of alkyl halides is 1. The molecule has 0 spiro atoms. The second kappa shape index (κ2) is 10.9. The fourth-order valence-corrected chi connectivity index (χ4v) is 5.28. The number of benzene rings is 3. The third kappa shape index (κ3) is 5.00. The van der Waals surface area contributed by atoms with Gasteiger partial charge in [0.05, 0.1) is 0 Å². The minimum atomic E-state index is -1.92.